The quantitative estimate of drug-likeness (QED) is 0.681. The predicted molar refractivity (Wildman–Crippen MR) is 92.7 cm³/mol. The van der Waals surface area contributed by atoms with Crippen LogP contribution in [0.25, 0.3) is 11.5 Å². The van der Waals surface area contributed by atoms with E-state index in [-0.39, 0.29) is 5.56 Å². The number of ether oxygens (including phenoxy) is 1. The molecule has 0 fully saturated rings. The first-order valence-electron chi connectivity index (χ1n) is 7.39. The van der Waals surface area contributed by atoms with Crippen LogP contribution in [-0.4, -0.2) is 29.1 Å². The lowest BCUT2D eigenvalue weighted by molar-refractivity contribution is 0.0845. The van der Waals surface area contributed by atoms with E-state index in [2.05, 4.69) is 21.0 Å². The number of aromatic nitrogens is 2. The number of methoxy groups -OCH3 is 1. The fourth-order valence-electron chi connectivity index (χ4n) is 2.17. The van der Waals surface area contributed by atoms with Gasteiger partial charge in [-0.3, -0.25) is 20.4 Å². The molecule has 0 atom stereocenters. The third-order valence-corrected chi connectivity index (χ3v) is 3.68. The second-order valence-electron chi connectivity index (χ2n) is 5.07. The van der Waals surface area contributed by atoms with Crippen LogP contribution in [0.3, 0.4) is 0 Å². The summed E-state index contributed by atoms with van der Waals surface area (Å²) in [4.78, 5) is 24.4. The second kappa shape index (κ2) is 7.66. The van der Waals surface area contributed by atoms with Crippen molar-refractivity contribution in [2.24, 2.45) is 0 Å². The van der Waals surface area contributed by atoms with Gasteiger partial charge in [0.05, 0.1) is 12.7 Å². The maximum absolute atomic E-state index is 12.2. The van der Waals surface area contributed by atoms with E-state index in [0.717, 1.165) is 0 Å². The van der Waals surface area contributed by atoms with Gasteiger partial charge in [-0.05, 0) is 42.5 Å². The number of nitrogens with one attached hydrogen (secondary N) is 2. The molecular weight excluding hydrogens is 360 g/mol. The van der Waals surface area contributed by atoms with Crippen LogP contribution in [0.15, 0.2) is 53.3 Å². The number of hydrogen-bond acceptors (Lipinski definition) is 6. The van der Waals surface area contributed by atoms with Crippen LogP contribution in [-0.2, 0) is 0 Å². The Hall–Kier alpha value is -3.39. The number of carbonyl (C=O) groups excluding carboxylic acids is 2. The predicted octanol–water partition coefficient (Wildman–Crippen LogP) is 2.47. The molecule has 0 saturated heterocycles. The van der Waals surface area contributed by atoms with Crippen molar-refractivity contribution in [3.63, 3.8) is 0 Å². The topological polar surface area (TPSA) is 106 Å². The molecule has 2 amide bonds. The van der Waals surface area contributed by atoms with Crippen molar-refractivity contribution in [1.82, 2.24) is 21.0 Å². The first-order valence-corrected chi connectivity index (χ1v) is 7.77. The molecule has 9 heteroatoms. The van der Waals surface area contributed by atoms with E-state index in [1.54, 1.807) is 36.4 Å². The summed E-state index contributed by atoms with van der Waals surface area (Å²) in [7, 11) is 1.43. The van der Waals surface area contributed by atoms with Crippen LogP contribution in [0.2, 0.25) is 5.02 Å². The van der Waals surface area contributed by atoms with Crippen molar-refractivity contribution >= 4 is 23.4 Å². The van der Waals surface area contributed by atoms with E-state index >= 15 is 0 Å². The Kier molecular flexibility index (Phi) is 5.14. The van der Waals surface area contributed by atoms with Crippen molar-refractivity contribution in [3.05, 3.63) is 65.0 Å². The lowest BCUT2D eigenvalue weighted by Crippen LogP contribution is -2.41. The van der Waals surface area contributed by atoms with Gasteiger partial charge in [0.25, 0.3) is 11.8 Å². The summed E-state index contributed by atoms with van der Waals surface area (Å²) in [5, 5.41) is 7.75. The van der Waals surface area contributed by atoms with Gasteiger partial charge < -0.3 is 9.15 Å². The molecule has 0 bridgehead atoms. The summed E-state index contributed by atoms with van der Waals surface area (Å²) in [5.74, 6) is -0.361. The molecule has 26 heavy (non-hydrogen) atoms. The van der Waals surface area contributed by atoms with Gasteiger partial charge >= 0.3 is 0 Å². The van der Waals surface area contributed by atoms with Crippen LogP contribution in [0.1, 0.15) is 20.7 Å². The van der Waals surface area contributed by atoms with Gasteiger partial charge in [0.2, 0.25) is 12.3 Å². The third-order valence-electron chi connectivity index (χ3n) is 3.45. The Morgan fingerprint density at radius 3 is 2.46 bits per heavy atom. The molecule has 3 rings (SSSR count). The Balaban J connectivity index is 1.65. The summed E-state index contributed by atoms with van der Waals surface area (Å²) in [6.45, 7) is 0. The van der Waals surface area contributed by atoms with E-state index in [1.165, 1.54) is 19.6 Å². The molecule has 0 aliphatic carbocycles. The van der Waals surface area contributed by atoms with E-state index in [0.29, 0.717) is 27.8 Å². The summed E-state index contributed by atoms with van der Waals surface area (Å²) < 4.78 is 10.2. The number of benzene rings is 2. The molecule has 0 spiro atoms. The largest absolute Gasteiger partial charge is 0.496 e. The fraction of sp³-hybridized carbons (Fsp3) is 0.0588. The Morgan fingerprint density at radius 2 is 1.81 bits per heavy atom. The minimum Gasteiger partial charge on any atom is -0.496 e. The highest BCUT2D eigenvalue weighted by atomic mass is 35.5. The standard InChI is InChI=1S/C17H13ClN4O4/c1-25-14-7-6-12(18)8-13(14)16(24)21-20-15(23)10-2-4-11(5-3-10)17-22-19-9-26-17/h2-9H,1H3,(H,20,23)(H,21,24). The molecule has 1 heterocycles. The van der Waals surface area contributed by atoms with Crippen molar-refractivity contribution in [1.29, 1.82) is 0 Å². The molecule has 8 nitrogen and oxygen atoms in total. The SMILES string of the molecule is COc1ccc(Cl)cc1C(=O)NNC(=O)c1ccc(-c2nnco2)cc1. The zero-order valence-corrected chi connectivity index (χ0v) is 14.3. The van der Waals surface area contributed by atoms with E-state index in [4.69, 9.17) is 20.8 Å². The Bertz CT molecular complexity index is 926. The minimum absolute atomic E-state index is 0.201. The van der Waals surface area contributed by atoms with E-state index < -0.39 is 11.8 Å². The van der Waals surface area contributed by atoms with Gasteiger partial charge in [-0.2, -0.15) is 0 Å². The third kappa shape index (κ3) is 3.81. The van der Waals surface area contributed by atoms with Gasteiger partial charge in [-0.15, -0.1) is 10.2 Å². The number of nitrogens with zero attached hydrogens (tertiary/aromatic N) is 2. The lowest BCUT2D eigenvalue weighted by atomic mass is 10.1. The Labute approximate surface area is 153 Å². The average molecular weight is 373 g/mol. The van der Waals surface area contributed by atoms with Gasteiger partial charge in [-0.25, -0.2) is 0 Å². The number of hydrazine groups is 1. The van der Waals surface area contributed by atoms with Gasteiger partial charge in [0.15, 0.2) is 0 Å². The smallest absolute Gasteiger partial charge is 0.273 e. The van der Waals surface area contributed by atoms with Crippen LogP contribution in [0.4, 0.5) is 0 Å². The molecule has 0 aliphatic rings. The first-order chi connectivity index (χ1) is 12.6. The summed E-state index contributed by atoms with van der Waals surface area (Å²) in [6, 6.07) is 11.1. The highest BCUT2D eigenvalue weighted by Gasteiger charge is 2.14. The van der Waals surface area contributed by atoms with Crippen LogP contribution in [0.5, 0.6) is 5.75 Å². The number of hydrogen-bond donors (Lipinski definition) is 2. The van der Waals surface area contributed by atoms with Crippen molar-refractivity contribution in [3.8, 4) is 17.2 Å². The first kappa shape index (κ1) is 17.4. The summed E-state index contributed by atoms with van der Waals surface area (Å²) >= 11 is 5.89. The zero-order valence-electron chi connectivity index (χ0n) is 13.5. The minimum atomic E-state index is -0.555. The van der Waals surface area contributed by atoms with Gasteiger partial charge in [0, 0.05) is 16.1 Å². The van der Waals surface area contributed by atoms with Crippen LogP contribution < -0.4 is 15.6 Å². The zero-order chi connectivity index (χ0) is 18.5. The van der Waals surface area contributed by atoms with Gasteiger partial charge in [-0.1, -0.05) is 11.6 Å². The van der Waals surface area contributed by atoms with Crippen LogP contribution >= 0.6 is 11.6 Å². The molecule has 1 aromatic heterocycles. The van der Waals surface area contributed by atoms with Crippen molar-refractivity contribution < 1.29 is 18.7 Å². The molecule has 132 valence electrons. The highest BCUT2D eigenvalue weighted by molar-refractivity contribution is 6.31. The van der Waals surface area contributed by atoms with E-state index in [9.17, 15) is 9.59 Å². The molecule has 0 radical (unpaired) electrons. The lowest BCUT2D eigenvalue weighted by Gasteiger charge is -2.11. The molecule has 0 saturated carbocycles. The number of carbonyl (C=O) groups is 2. The molecule has 0 aliphatic heterocycles. The van der Waals surface area contributed by atoms with Crippen molar-refractivity contribution in [2.45, 2.75) is 0 Å². The van der Waals surface area contributed by atoms with Crippen molar-refractivity contribution in [2.75, 3.05) is 7.11 Å². The molecular formula is C17H13ClN4O4. The average Bonchev–Trinajstić information content (AvgIpc) is 3.20. The second-order valence-corrected chi connectivity index (χ2v) is 5.51. The Morgan fingerprint density at radius 1 is 1.08 bits per heavy atom. The van der Waals surface area contributed by atoms with Crippen LogP contribution in [0, 0.1) is 0 Å². The fourth-order valence-corrected chi connectivity index (χ4v) is 2.35. The monoisotopic (exact) mass is 372 g/mol. The number of halogens is 1. The number of amides is 2. The maximum atomic E-state index is 12.2. The molecule has 0 unspecified atom stereocenters. The summed E-state index contributed by atoms with van der Waals surface area (Å²) in [5.41, 5.74) is 5.87. The molecule has 2 N–H and O–H groups in total. The molecule has 3 aromatic rings. The normalized spacial score (nSPS) is 10.2. The molecule has 2 aromatic carbocycles. The number of rotatable bonds is 4. The highest BCUT2D eigenvalue weighted by Crippen LogP contribution is 2.22. The van der Waals surface area contributed by atoms with E-state index in [1.807, 2.05) is 0 Å². The maximum Gasteiger partial charge on any atom is 0.273 e. The van der Waals surface area contributed by atoms with Gasteiger partial charge in [0.1, 0.15) is 5.75 Å². The summed E-state index contributed by atoms with van der Waals surface area (Å²) in [6.07, 6.45) is 1.22.